The Balaban J connectivity index is 5.24. The fourth-order valence-electron chi connectivity index (χ4n) is 10.1. The van der Waals surface area contributed by atoms with Gasteiger partial charge in [0.1, 0.15) is 19.3 Å². The van der Waals surface area contributed by atoms with Crippen molar-refractivity contribution < 1.29 is 80.2 Å². The number of ether oxygens (including phenoxy) is 4. The molecule has 2 unspecified atom stereocenters. The van der Waals surface area contributed by atoms with Gasteiger partial charge in [0.25, 0.3) is 0 Å². The van der Waals surface area contributed by atoms with E-state index in [2.05, 4.69) is 58.9 Å². The molecule has 0 fully saturated rings. The molecule has 0 amide bonds. The van der Waals surface area contributed by atoms with Gasteiger partial charge < -0.3 is 33.8 Å². The molecule has 0 rings (SSSR count). The number of phosphoric ester groups is 2. The third kappa shape index (κ3) is 64.1. The van der Waals surface area contributed by atoms with Gasteiger partial charge in [-0.3, -0.25) is 37.3 Å². The van der Waals surface area contributed by atoms with Crippen LogP contribution in [0.1, 0.15) is 336 Å². The second-order valence-electron chi connectivity index (χ2n) is 25.1. The number of allylic oxidation sites excluding steroid dienone is 4. The molecule has 89 heavy (non-hydrogen) atoms. The maximum atomic E-state index is 13.0. The van der Waals surface area contributed by atoms with Crippen molar-refractivity contribution in [1.29, 1.82) is 0 Å². The van der Waals surface area contributed by atoms with Crippen molar-refractivity contribution in [3.05, 3.63) is 24.3 Å². The van der Waals surface area contributed by atoms with E-state index >= 15 is 0 Å². The number of rotatable bonds is 68. The molecule has 0 aromatic rings. The first kappa shape index (κ1) is 86.5. The fourth-order valence-corrected chi connectivity index (χ4v) is 11.7. The van der Waals surface area contributed by atoms with Gasteiger partial charge in [-0.05, 0) is 57.3 Å². The molecule has 524 valence electrons. The summed E-state index contributed by atoms with van der Waals surface area (Å²) in [6, 6.07) is 0. The van der Waals surface area contributed by atoms with Crippen molar-refractivity contribution >= 4 is 39.5 Å². The van der Waals surface area contributed by atoms with E-state index in [1.54, 1.807) is 0 Å². The molecule has 0 aromatic heterocycles. The Morgan fingerprint density at radius 2 is 0.607 bits per heavy atom. The summed E-state index contributed by atoms with van der Waals surface area (Å²) in [5.41, 5.74) is 0. The minimum Gasteiger partial charge on any atom is -0.462 e. The lowest BCUT2D eigenvalue weighted by molar-refractivity contribution is -0.161. The van der Waals surface area contributed by atoms with E-state index in [1.165, 1.54) is 135 Å². The summed E-state index contributed by atoms with van der Waals surface area (Å²) in [6.07, 6.45) is 52.2. The van der Waals surface area contributed by atoms with E-state index in [9.17, 15) is 43.2 Å². The van der Waals surface area contributed by atoms with Gasteiger partial charge in [-0.15, -0.1) is 0 Å². The minimum absolute atomic E-state index is 0.101. The average Bonchev–Trinajstić information content (AvgIpc) is 3.64. The first-order chi connectivity index (χ1) is 43.0. The molecule has 3 N–H and O–H groups in total. The maximum Gasteiger partial charge on any atom is 0.472 e. The van der Waals surface area contributed by atoms with Gasteiger partial charge >= 0.3 is 39.5 Å². The zero-order valence-corrected chi connectivity index (χ0v) is 58.8. The summed E-state index contributed by atoms with van der Waals surface area (Å²) < 4.78 is 68.1. The van der Waals surface area contributed by atoms with Crippen molar-refractivity contribution in [2.45, 2.75) is 355 Å². The van der Waals surface area contributed by atoms with Gasteiger partial charge in [-0.2, -0.15) is 0 Å². The molecule has 0 heterocycles. The van der Waals surface area contributed by atoms with Gasteiger partial charge in [-0.1, -0.05) is 284 Å². The zero-order valence-electron chi connectivity index (χ0n) is 57.0. The second-order valence-corrected chi connectivity index (χ2v) is 28.0. The fraction of sp³-hybridized carbons (Fsp3) is 0.886. The van der Waals surface area contributed by atoms with Crippen LogP contribution >= 0.6 is 15.6 Å². The summed E-state index contributed by atoms with van der Waals surface area (Å²) in [6.45, 7) is 7.15. The van der Waals surface area contributed by atoms with Gasteiger partial charge in [0.15, 0.2) is 12.2 Å². The number of hydrogen-bond donors (Lipinski definition) is 3. The quantitative estimate of drug-likeness (QED) is 0.0169. The van der Waals surface area contributed by atoms with Crippen LogP contribution in [0, 0.1) is 5.92 Å². The number of phosphoric acid groups is 2. The SMILES string of the molecule is CCCCCC/C=C\C=C/CCCCCCCC(=O)OC[C@H](COP(=O)(O)OC[C@@H](O)COP(=O)(O)OC[C@@H](COC(=O)CCCCCCCCCC)OC(=O)CCCCCCCCCCC)OC(=O)CCCCCCCCCCCCCCCCC(C)C. The number of unbranched alkanes of at least 4 members (excludes halogenated alkanes) is 37. The molecule has 17 nitrogen and oxygen atoms in total. The molecule has 0 saturated heterocycles. The van der Waals surface area contributed by atoms with Gasteiger partial charge in [-0.25, -0.2) is 9.13 Å². The highest BCUT2D eigenvalue weighted by Crippen LogP contribution is 2.45. The first-order valence-corrected chi connectivity index (χ1v) is 38.9. The number of hydrogen-bond acceptors (Lipinski definition) is 15. The first-order valence-electron chi connectivity index (χ1n) is 36.0. The lowest BCUT2D eigenvalue weighted by Crippen LogP contribution is -2.30. The van der Waals surface area contributed by atoms with Crippen LogP contribution in [0.3, 0.4) is 0 Å². The monoisotopic (exact) mass is 1310 g/mol. The van der Waals surface area contributed by atoms with E-state index in [4.69, 9.17) is 37.0 Å². The van der Waals surface area contributed by atoms with Crippen LogP contribution in [0.2, 0.25) is 0 Å². The molecule has 0 aromatic carbocycles. The Morgan fingerprint density at radius 3 is 0.921 bits per heavy atom. The van der Waals surface area contributed by atoms with Crippen molar-refractivity contribution in [2.75, 3.05) is 39.6 Å². The van der Waals surface area contributed by atoms with Crippen LogP contribution < -0.4 is 0 Å². The number of aliphatic hydroxyl groups is 1. The molecule has 0 saturated carbocycles. The maximum absolute atomic E-state index is 13.0. The lowest BCUT2D eigenvalue weighted by atomic mass is 10.0. The Bertz CT molecular complexity index is 1810. The number of esters is 4. The van der Waals surface area contributed by atoms with Gasteiger partial charge in [0, 0.05) is 25.7 Å². The van der Waals surface area contributed by atoms with Crippen LogP contribution in [0.4, 0.5) is 0 Å². The van der Waals surface area contributed by atoms with E-state index in [0.29, 0.717) is 25.7 Å². The Morgan fingerprint density at radius 1 is 0.348 bits per heavy atom. The standard InChI is InChI=1S/C70H132O17P2/c1-6-9-12-15-18-21-22-23-24-28-31-35-39-44-49-54-68(73)81-60-66(87-70(75)56-51-46-41-36-32-29-26-25-27-30-34-37-42-47-52-63(4)5)62-85-89(78,79)83-58-64(71)57-82-88(76,77)84-61-65(59-80-67(72)53-48-43-38-20-17-14-11-8-3)86-69(74)55-50-45-40-33-19-16-13-10-7-2/h21-24,63-66,71H,6-20,25-62H2,1-5H3,(H,76,77)(H,78,79)/b22-21-,24-23-/t64-,65+,66+/m0/s1. The number of carbonyl (C=O) groups is 4. The molecule has 0 bridgehead atoms. The van der Waals surface area contributed by atoms with E-state index in [1.807, 2.05) is 0 Å². The van der Waals surface area contributed by atoms with E-state index in [0.717, 1.165) is 121 Å². The summed E-state index contributed by atoms with van der Waals surface area (Å²) in [7, 11) is -9.90. The summed E-state index contributed by atoms with van der Waals surface area (Å²) in [4.78, 5) is 72.4. The van der Waals surface area contributed by atoms with E-state index < -0.39 is 97.5 Å². The van der Waals surface area contributed by atoms with Gasteiger partial charge in [0.05, 0.1) is 26.4 Å². The molecule has 0 aliphatic heterocycles. The minimum atomic E-state index is -4.96. The number of aliphatic hydroxyl groups excluding tert-OH is 1. The molecule has 0 spiro atoms. The summed E-state index contributed by atoms with van der Waals surface area (Å²) in [5, 5.41) is 10.6. The smallest absolute Gasteiger partial charge is 0.462 e. The zero-order chi connectivity index (χ0) is 65.6. The largest absolute Gasteiger partial charge is 0.472 e. The highest BCUT2D eigenvalue weighted by molar-refractivity contribution is 7.47. The Labute approximate surface area is 542 Å². The normalized spacial score (nSPS) is 14.3. The molecule has 0 aliphatic rings. The highest BCUT2D eigenvalue weighted by Gasteiger charge is 2.30. The van der Waals surface area contributed by atoms with E-state index in [-0.39, 0.29) is 25.7 Å². The lowest BCUT2D eigenvalue weighted by Gasteiger charge is -2.21. The molecule has 19 heteroatoms. The predicted octanol–water partition coefficient (Wildman–Crippen LogP) is 19.7. The molecular formula is C70H132O17P2. The molecule has 0 radical (unpaired) electrons. The van der Waals surface area contributed by atoms with Gasteiger partial charge in [0.2, 0.25) is 0 Å². The topological polar surface area (TPSA) is 237 Å². The molecule has 0 aliphatic carbocycles. The molecule has 5 atom stereocenters. The van der Waals surface area contributed by atoms with Crippen LogP contribution in [-0.4, -0.2) is 96.7 Å². The van der Waals surface area contributed by atoms with Crippen LogP contribution in [0.15, 0.2) is 24.3 Å². The van der Waals surface area contributed by atoms with Crippen molar-refractivity contribution in [2.24, 2.45) is 5.92 Å². The third-order valence-corrected chi connectivity index (χ3v) is 17.6. The Kier molecular flexibility index (Phi) is 61.2. The second kappa shape index (κ2) is 63.0. The summed E-state index contributed by atoms with van der Waals surface area (Å²) in [5.74, 6) is -1.36. The van der Waals surface area contributed by atoms with Crippen LogP contribution in [0.25, 0.3) is 0 Å². The number of carbonyl (C=O) groups excluding carboxylic acids is 4. The van der Waals surface area contributed by atoms with Crippen molar-refractivity contribution in [3.8, 4) is 0 Å². The van der Waals surface area contributed by atoms with Crippen molar-refractivity contribution in [3.63, 3.8) is 0 Å². The van der Waals surface area contributed by atoms with Crippen LogP contribution in [0.5, 0.6) is 0 Å². The highest BCUT2D eigenvalue weighted by atomic mass is 31.2. The van der Waals surface area contributed by atoms with Crippen molar-refractivity contribution in [1.82, 2.24) is 0 Å². The average molecular weight is 1310 g/mol. The Hall–Kier alpha value is -2.46. The van der Waals surface area contributed by atoms with Crippen LogP contribution in [-0.2, 0) is 65.4 Å². The summed E-state index contributed by atoms with van der Waals surface area (Å²) >= 11 is 0. The predicted molar refractivity (Wildman–Crippen MR) is 358 cm³/mol. The third-order valence-electron chi connectivity index (χ3n) is 15.7. The molecular weight excluding hydrogens is 1170 g/mol.